The van der Waals surface area contributed by atoms with Gasteiger partial charge in [-0.15, -0.1) is 0 Å². The third-order valence-electron chi connectivity index (χ3n) is 4.16. The van der Waals surface area contributed by atoms with Crippen LogP contribution < -0.4 is 10.1 Å². The van der Waals surface area contributed by atoms with Crippen molar-refractivity contribution in [2.24, 2.45) is 5.92 Å². The van der Waals surface area contributed by atoms with Crippen LogP contribution in [-0.4, -0.2) is 36.8 Å². The normalized spacial score (nSPS) is 22.4. The lowest BCUT2D eigenvalue weighted by Crippen LogP contribution is -2.29. The molecule has 5 nitrogen and oxygen atoms in total. The molecule has 0 spiro atoms. The van der Waals surface area contributed by atoms with Crippen molar-refractivity contribution in [1.29, 1.82) is 0 Å². The summed E-state index contributed by atoms with van der Waals surface area (Å²) in [5.41, 5.74) is 0.577. The lowest BCUT2D eigenvalue weighted by atomic mass is 10.1. The monoisotopic (exact) mass is 290 g/mol. The van der Waals surface area contributed by atoms with Crippen LogP contribution in [0, 0.1) is 5.92 Å². The lowest BCUT2D eigenvalue weighted by Gasteiger charge is -2.12. The highest BCUT2D eigenvalue weighted by atomic mass is 16.5. The van der Waals surface area contributed by atoms with Crippen molar-refractivity contribution in [2.45, 2.75) is 38.2 Å². The quantitative estimate of drug-likeness (QED) is 0.903. The molecule has 1 aromatic rings. The fourth-order valence-electron chi connectivity index (χ4n) is 2.84. The van der Waals surface area contributed by atoms with Crippen molar-refractivity contribution < 1.29 is 14.3 Å². The van der Waals surface area contributed by atoms with Gasteiger partial charge in [-0.25, -0.2) is 4.98 Å². The summed E-state index contributed by atoms with van der Waals surface area (Å²) in [5.74, 6) is 0.969. The van der Waals surface area contributed by atoms with Gasteiger partial charge in [0.1, 0.15) is 6.10 Å². The molecule has 1 aliphatic carbocycles. The Bertz CT molecular complexity index is 463. The van der Waals surface area contributed by atoms with Gasteiger partial charge in [0, 0.05) is 31.3 Å². The van der Waals surface area contributed by atoms with E-state index in [0.717, 1.165) is 32.5 Å². The summed E-state index contributed by atoms with van der Waals surface area (Å²) in [6.07, 6.45) is 7.57. The van der Waals surface area contributed by atoms with E-state index in [2.05, 4.69) is 10.3 Å². The van der Waals surface area contributed by atoms with Crippen LogP contribution >= 0.6 is 0 Å². The van der Waals surface area contributed by atoms with Crippen LogP contribution in [0.15, 0.2) is 18.3 Å². The maximum Gasteiger partial charge on any atom is 0.252 e. The smallest absolute Gasteiger partial charge is 0.252 e. The molecule has 1 N–H and O–H groups in total. The molecule has 5 heteroatoms. The number of pyridine rings is 1. The zero-order valence-corrected chi connectivity index (χ0v) is 12.2. The van der Waals surface area contributed by atoms with Crippen molar-refractivity contribution in [1.82, 2.24) is 10.3 Å². The van der Waals surface area contributed by atoms with E-state index in [9.17, 15) is 4.79 Å². The molecular formula is C16H22N2O3. The first-order chi connectivity index (χ1) is 10.3. The van der Waals surface area contributed by atoms with E-state index in [1.54, 1.807) is 18.3 Å². The van der Waals surface area contributed by atoms with E-state index in [0.29, 0.717) is 30.0 Å². The molecule has 2 aliphatic rings. The van der Waals surface area contributed by atoms with Gasteiger partial charge >= 0.3 is 0 Å². The Kier molecular flexibility index (Phi) is 4.70. The van der Waals surface area contributed by atoms with Crippen LogP contribution in [0.2, 0.25) is 0 Å². The second-order valence-corrected chi connectivity index (χ2v) is 5.85. The molecule has 1 amide bonds. The number of hydrogen-bond donors (Lipinski definition) is 1. The minimum atomic E-state index is -0.0817. The first-order valence-corrected chi connectivity index (χ1v) is 7.80. The van der Waals surface area contributed by atoms with E-state index < -0.39 is 0 Å². The minimum Gasteiger partial charge on any atom is -0.474 e. The molecule has 1 aromatic heterocycles. The van der Waals surface area contributed by atoms with Gasteiger partial charge in [0.25, 0.3) is 5.91 Å². The summed E-state index contributed by atoms with van der Waals surface area (Å²) in [7, 11) is 0. The van der Waals surface area contributed by atoms with Crippen molar-refractivity contribution in [3.05, 3.63) is 23.9 Å². The van der Waals surface area contributed by atoms with Crippen LogP contribution in [0.3, 0.4) is 0 Å². The van der Waals surface area contributed by atoms with Gasteiger partial charge in [-0.2, -0.15) is 0 Å². The number of rotatable bonds is 5. The predicted octanol–water partition coefficient (Wildman–Crippen LogP) is 2.17. The van der Waals surface area contributed by atoms with Gasteiger partial charge in [-0.3, -0.25) is 4.79 Å². The Morgan fingerprint density at radius 2 is 2.19 bits per heavy atom. The van der Waals surface area contributed by atoms with Gasteiger partial charge in [-0.1, -0.05) is 0 Å². The van der Waals surface area contributed by atoms with E-state index >= 15 is 0 Å². The molecule has 1 atom stereocenters. The topological polar surface area (TPSA) is 60.5 Å². The van der Waals surface area contributed by atoms with E-state index in [4.69, 9.17) is 9.47 Å². The summed E-state index contributed by atoms with van der Waals surface area (Å²) in [5, 5.41) is 2.93. The van der Waals surface area contributed by atoms with E-state index in [1.807, 2.05) is 0 Å². The predicted molar refractivity (Wildman–Crippen MR) is 78.4 cm³/mol. The molecule has 2 heterocycles. The number of carbonyl (C=O) groups is 1. The maximum absolute atomic E-state index is 12.0. The summed E-state index contributed by atoms with van der Waals surface area (Å²) in [6.45, 7) is 2.21. The minimum absolute atomic E-state index is 0.0817. The molecule has 2 fully saturated rings. The van der Waals surface area contributed by atoms with E-state index in [1.165, 1.54) is 12.8 Å². The number of hydrogen-bond acceptors (Lipinski definition) is 4. The number of aromatic nitrogens is 1. The average molecular weight is 290 g/mol. The third kappa shape index (κ3) is 3.94. The Balaban J connectivity index is 1.49. The zero-order valence-electron chi connectivity index (χ0n) is 12.2. The number of amides is 1. The molecule has 114 valence electrons. The van der Waals surface area contributed by atoms with Gasteiger partial charge in [0.15, 0.2) is 0 Å². The van der Waals surface area contributed by atoms with Crippen LogP contribution in [0.25, 0.3) is 0 Å². The first-order valence-electron chi connectivity index (χ1n) is 7.80. The molecule has 1 saturated heterocycles. The highest BCUT2D eigenvalue weighted by Gasteiger charge is 2.18. The Morgan fingerprint density at radius 3 is 2.86 bits per heavy atom. The van der Waals surface area contributed by atoms with Crippen LogP contribution in [0.4, 0.5) is 0 Å². The number of nitrogens with zero attached hydrogens (tertiary/aromatic N) is 1. The molecular weight excluding hydrogens is 268 g/mol. The largest absolute Gasteiger partial charge is 0.474 e. The number of ether oxygens (including phenoxy) is 2. The highest BCUT2D eigenvalue weighted by Crippen LogP contribution is 2.22. The van der Waals surface area contributed by atoms with Crippen LogP contribution in [-0.2, 0) is 4.74 Å². The standard InChI is InChI=1S/C16H22N2O3/c19-16(18-9-12-7-8-20-11-12)13-5-6-15(17-10-13)21-14-3-1-2-4-14/h5-6,10,12,14H,1-4,7-9,11H2,(H,18,19). The zero-order chi connectivity index (χ0) is 14.5. The summed E-state index contributed by atoms with van der Waals surface area (Å²) in [4.78, 5) is 16.3. The molecule has 0 bridgehead atoms. The van der Waals surface area contributed by atoms with E-state index in [-0.39, 0.29) is 5.91 Å². The Morgan fingerprint density at radius 1 is 1.33 bits per heavy atom. The SMILES string of the molecule is O=C(NCC1CCOC1)c1ccc(OC2CCCC2)nc1. The highest BCUT2D eigenvalue weighted by molar-refractivity contribution is 5.93. The Hall–Kier alpha value is -1.62. The molecule has 1 aliphatic heterocycles. The van der Waals surface area contributed by atoms with Crippen molar-refractivity contribution in [3.8, 4) is 5.88 Å². The molecule has 1 unspecified atom stereocenters. The molecule has 0 radical (unpaired) electrons. The summed E-state index contributed by atoms with van der Waals surface area (Å²) in [6, 6.07) is 3.56. The van der Waals surface area contributed by atoms with Gasteiger partial charge in [0.05, 0.1) is 12.2 Å². The van der Waals surface area contributed by atoms with Gasteiger partial charge in [0.2, 0.25) is 5.88 Å². The fourth-order valence-corrected chi connectivity index (χ4v) is 2.84. The number of carbonyl (C=O) groups excluding carboxylic acids is 1. The van der Waals surface area contributed by atoms with Crippen LogP contribution in [0.1, 0.15) is 42.5 Å². The summed E-state index contributed by atoms with van der Waals surface area (Å²) >= 11 is 0. The van der Waals surface area contributed by atoms with Gasteiger partial charge < -0.3 is 14.8 Å². The molecule has 21 heavy (non-hydrogen) atoms. The molecule has 1 saturated carbocycles. The average Bonchev–Trinajstić information content (AvgIpc) is 3.19. The second kappa shape index (κ2) is 6.89. The fraction of sp³-hybridized carbons (Fsp3) is 0.625. The van der Waals surface area contributed by atoms with Crippen molar-refractivity contribution in [3.63, 3.8) is 0 Å². The second-order valence-electron chi connectivity index (χ2n) is 5.85. The van der Waals surface area contributed by atoms with Crippen molar-refractivity contribution >= 4 is 5.91 Å². The Labute approximate surface area is 125 Å². The van der Waals surface area contributed by atoms with Gasteiger partial charge in [-0.05, 0) is 38.2 Å². The first kappa shape index (κ1) is 14.3. The molecule has 0 aromatic carbocycles. The third-order valence-corrected chi connectivity index (χ3v) is 4.16. The number of nitrogens with one attached hydrogen (secondary N) is 1. The molecule has 3 rings (SSSR count). The lowest BCUT2D eigenvalue weighted by molar-refractivity contribution is 0.0944. The van der Waals surface area contributed by atoms with Crippen molar-refractivity contribution in [2.75, 3.05) is 19.8 Å². The van der Waals surface area contributed by atoms with Crippen LogP contribution in [0.5, 0.6) is 5.88 Å². The maximum atomic E-state index is 12.0. The summed E-state index contributed by atoms with van der Waals surface area (Å²) < 4.78 is 11.1.